The molecule has 1 aromatic carbocycles. The van der Waals surface area contributed by atoms with Crippen LogP contribution in [0.2, 0.25) is 0 Å². The van der Waals surface area contributed by atoms with E-state index in [2.05, 4.69) is 50.1 Å². The van der Waals surface area contributed by atoms with Crippen molar-refractivity contribution in [2.45, 2.75) is 20.3 Å². The van der Waals surface area contributed by atoms with Gasteiger partial charge in [0.1, 0.15) is 0 Å². The average molecular weight is 187 g/mol. The average Bonchev–Trinajstić information content (AvgIpc) is 2.20. The maximum absolute atomic E-state index is 2.33. The van der Waals surface area contributed by atoms with E-state index in [1.165, 1.54) is 22.4 Å². The van der Waals surface area contributed by atoms with Gasteiger partial charge in [0, 0.05) is 24.8 Å². The summed E-state index contributed by atoms with van der Waals surface area (Å²) in [6.45, 7) is 5.43. The summed E-state index contributed by atoms with van der Waals surface area (Å²) in [7, 11) is 2.17. The third kappa shape index (κ3) is 1.33. The number of rotatable bonds is 1. The summed E-state index contributed by atoms with van der Waals surface area (Å²) in [5.74, 6) is 0. The molecule has 1 heteroatoms. The molecule has 0 N–H and O–H groups in total. The fourth-order valence-electron chi connectivity index (χ4n) is 2.12. The number of hydrogen-bond donors (Lipinski definition) is 0. The number of aryl methyl sites for hydroxylation is 2. The Morgan fingerprint density at radius 1 is 1.36 bits per heavy atom. The van der Waals surface area contributed by atoms with Gasteiger partial charge in [-0.15, -0.1) is 0 Å². The van der Waals surface area contributed by atoms with Gasteiger partial charge in [-0.3, -0.25) is 0 Å². The van der Waals surface area contributed by atoms with Gasteiger partial charge < -0.3 is 4.90 Å². The Kier molecular flexibility index (Phi) is 2.32. The van der Waals surface area contributed by atoms with Crippen molar-refractivity contribution in [1.29, 1.82) is 0 Å². The number of nitrogens with zero attached hydrogens (tertiary/aromatic N) is 1. The van der Waals surface area contributed by atoms with Gasteiger partial charge in [-0.1, -0.05) is 31.2 Å². The van der Waals surface area contributed by atoms with Crippen LogP contribution in [0.3, 0.4) is 0 Å². The molecule has 14 heavy (non-hydrogen) atoms. The highest BCUT2D eigenvalue weighted by Gasteiger charge is 2.14. The van der Waals surface area contributed by atoms with Crippen LogP contribution in [0.15, 0.2) is 18.2 Å². The fourth-order valence-corrected chi connectivity index (χ4v) is 2.12. The van der Waals surface area contributed by atoms with Crippen LogP contribution in [0.5, 0.6) is 0 Å². The van der Waals surface area contributed by atoms with Gasteiger partial charge in [0.2, 0.25) is 0 Å². The molecule has 0 unspecified atom stereocenters. The summed E-state index contributed by atoms with van der Waals surface area (Å²) in [6, 6.07) is 4.48. The lowest BCUT2D eigenvalue weighted by atomic mass is 9.97. The van der Waals surface area contributed by atoms with Gasteiger partial charge in [0.05, 0.1) is 0 Å². The van der Waals surface area contributed by atoms with Gasteiger partial charge in [-0.2, -0.15) is 0 Å². The standard InChI is InChI=1S/C13H17N/c1-4-11-8-7-10(2)12-6-5-9-14(3)13(11)12/h5-8H,4,9H2,1-3H3. The van der Waals surface area contributed by atoms with Crippen molar-refractivity contribution in [3.8, 4) is 0 Å². The first kappa shape index (κ1) is 9.32. The predicted molar refractivity (Wildman–Crippen MR) is 62.9 cm³/mol. The van der Waals surface area contributed by atoms with E-state index in [4.69, 9.17) is 0 Å². The molecule has 2 rings (SSSR count). The largest absolute Gasteiger partial charge is 0.370 e. The van der Waals surface area contributed by atoms with Crippen LogP contribution in [0.1, 0.15) is 23.6 Å². The van der Waals surface area contributed by atoms with Crippen LogP contribution in [0, 0.1) is 6.92 Å². The second-order valence-electron chi connectivity index (χ2n) is 3.94. The second kappa shape index (κ2) is 3.49. The van der Waals surface area contributed by atoms with Crippen LogP contribution in [-0.2, 0) is 6.42 Å². The zero-order valence-corrected chi connectivity index (χ0v) is 9.17. The molecule has 1 heterocycles. The van der Waals surface area contributed by atoms with Crippen LogP contribution in [0.25, 0.3) is 6.08 Å². The molecular formula is C13H17N. The highest BCUT2D eigenvalue weighted by Crippen LogP contribution is 2.31. The number of benzene rings is 1. The first-order valence-corrected chi connectivity index (χ1v) is 5.24. The summed E-state index contributed by atoms with van der Waals surface area (Å²) in [4.78, 5) is 2.33. The van der Waals surface area contributed by atoms with Crippen LogP contribution >= 0.6 is 0 Å². The van der Waals surface area contributed by atoms with Gasteiger partial charge in [0.15, 0.2) is 0 Å². The number of fused-ring (bicyclic) bond motifs is 1. The summed E-state index contributed by atoms with van der Waals surface area (Å²) in [5, 5.41) is 0. The quantitative estimate of drug-likeness (QED) is 0.653. The minimum Gasteiger partial charge on any atom is -0.370 e. The zero-order chi connectivity index (χ0) is 10.1. The predicted octanol–water partition coefficient (Wildman–Crippen LogP) is 3.02. The molecule has 0 fully saturated rings. The van der Waals surface area contributed by atoms with Crippen molar-refractivity contribution < 1.29 is 0 Å². The molecule has 1 aliphatic heterocycles. The molecule has 0 amide bonds. The van der Waals surface area contributed by atoms with E-state index in [0.29, 0.717) is 0 Å². The molecule has 74 valence electrons. The minimum atomic E-state index is 1.03. The lowest BCUT2D eigenvalue weighted by Crippen LogP contribution is -2.22. The molecule has 0 aliphatic carbocycles. The number of likely N-dealkylation sites (N-methyl/N-ethyl adjacent to an activating group) is 1. The third-order valence-electron chi connectivity index (χ3n) is 2.95. The molecule has 0 bridgehead atoms. The lowest BCUT2D eigenvalue weighted by Gasteiger charge is -2.27. The van der Waals surface area contributed by atoms with Crippen LogP contribution < -0.4 is 4.90 Å². The van der Waals surface area contributed by atoms with Crippen LogP contribution in [0.4, 0.5) is 5.69 Å². The fraction of sp³-hybridized carbons (Fsp3) is 0.385. The molecule has 1 nitrogen and oxygen atoms in total. The van der Waals surface area contributed by atoms with Gasteiger partial charge in [-0.05, 0) is 24.5 Å². The Labute approximate surface area is 86.1 Å². The van der Waals surface area contributed by atoms with E-state index in [-0.39, 0.29) is 0 Å². The van der Waals surface area contributed by atoms with Crippen LogP contribution in [-0.4, -0.2) is 13.6 Å². The lowest BCUT2D eigenvalue weighted by molar-refractivity contribution is 0.983. The Morgan fingerprint density at radius 3 is 2.86 bits per heavy atom. The van der Waals surface area contributed by atoms with Crippen molar-refractivity contribution in [2.75, 3.05) is 18.5 Å². The highest BCUT2D eigenvalue weighted by molar-refractivity contribution is 5.76. The molecule has 0 saturated carbocycles. The van der Waals surface area contributed by atoms with E-state index in [9.17, 15) is 0 Å². The third-order valence-corrected chi connectivity index (χ3v) is 2.95. The zero-order valence-electron chi connectivity index (χ0n) is 9.17. The summed E-state index contributed by atoms with van der Waals surface area (Å²) >= 11 is 0. The summed E-state index contributed by atoms with van der Waals surface area (Å²) < 4.78 is 0. The normalized spacial score (nSPS) is 14.4. The Morgan fingerprint density at radius 2 is 2.14 bits per heavy atom. The van der Waals surface area contributed by atoms with Gasteiger partial charge in [0.25, 0.3) is 0 Å². The van der Waals surface area contributed by atoms with Crippen molar-refractivity contribution in [2.24, 2.45) is 0 Å². The van der Waals surface area contributed by atoms with Gasteiger partial charge >= 0.3 is 0 Å². The van der Waals surface area contributed by atoms with Crippen molar-refractivity contribution >= 4 is 11.8 Å². The van der Waals surface area contributed by atoms with E-state index in [1.807, 2.05) is 0 Å². The van der Waals surface area contributed by atoms with E-state index in [0.717, 1.165) is 13.0 Å². The highest BCUT2D eigenvalue weighted by atomic mass is 15.1. The number of hydrogen-bond acceptors (Lipinski definition) is 1. The van der Waals surface area contributed by atoms with E-state index >= 15 is 0 Å². The Bertz CT molecular complexity index is 377. The van der Waals surface area contributed by atoms with E-state index < -0.39 is 0 Å². The minimum absolute atomic E-state index is 1.03. The topological polar surface area (TPSA) is 3.24 Å². The molecule has 0 atom stereocenters. The Balaban J connectivity index is 2.65. The molecular weight excluding hydrogens is 170 g/mol. The van der Waals surface area contributed by atoms with Gasteiger partial charge in [-0.25, -0.2) is 0 Å². The molecule has 0 saturated heterocycles. The van der Waals surface area contributed by atoms with E-state index in [1.54, 1.807) is 0 Å². The molecule has 0 radical (unpaired) electrons. The molecule has 1 aliphatic rings. The first-order chi connectivity index (χ1) is 6.74. The second-order valence-corrected chi connectivity index (χ2v) is 3.94. The maximum atomic E-state index is 2.33. The summed E-state index contributed by atoms with van der Waals surface area (Å²) in [5.41, 5.74) is 5.66. The van der Waals surface area contributed by atoms with Crippen molar-refractivity contribution in [3.63, 3.8) is 0 Å². The molecule has 0 aromatic heterocycles. The number of anilines is 1. The first-order valence-electron chi connectivity index (χ1n) is 5.24. The molecule has 0 spiro atoms. The SMILES string of the molecule is CCc1ccc(C)c2c1N(C)CC=C2. The smallest absolute Gasteiger partial charge is 0.0475 e. The molecule has 1 aromatic rings. The summed E-state index contributed by atoms with van der Waals surface area (Å²) in [6.07, 6.45) is 5.60. The monoisotopic (exact) mass is 187 g/mol. The van der Waals surface area contributed by atoms with Crippen molar-refractivity contribution in [1.82, 2.24) is 0 Å². The maximum Gasteiger partial charge on any atom is 0.0475 e. The Hall–Kier alpha value is -1.24. The van der Waals surface area contributed by atoms with Crippen molar-refractivity contribution in [3.05, 3.63) is 34.9 Å².